The summed E-state index contributed by atoms with van der Waals surface area (Å²) in [4.78, 5) is 4.36. The second kappa shape index (κ2) is 4.95. The highest BCUT2D eigenvalue weighted by molar-refractivity contribution is 6.54. The highest BCUT2D eigenvalue weighted by atomic mass is 16.7. The van der Waals surface area contributed by atoms with Gasteiger partial charge in [0.2, 0.25) is 0 Å². The number of ether oxygens (including phenoxy) is 1. The number of nitrogens with zero attached hydrogens (tertiary/aromatic N) is 1. The van der Waals surface area contributed by atoms with E-state index in [2.05, 4.69) is 32.7 Å². The van der Waals surface area contributed by atoms with Crippen molar-refractivity contribution in [1.29, 1.82) is 0 Å². The van der Waals surface area contributed by atoms with Crippen molar-refractivity contribution in [2.45, 2.75) is 71.7 Å². The molecule has 0 saturated carbocycles. The first-order chi connectivity index (χ1) is 8.71. The maximum Gasteiger partial charge on any atom is 0.492 e. The molecule has 0 aromatic rings. The lowest BCUT2D eigenvalue weighted by Gasteiger charge is -2.32. The standard InChI is InChI=1S/C14H24BNO3/c1-10(2)17-12-8-7-11(9-16-12)15-18-13(3,4)14(5,6)19-15/h9-10H,7-8H2,1-6H3. The number of rotatable bonds is 2. The van der Waals surface area contributed by atoms with Crippen molar-refractivity contribution in [3.63, 3.8) is 0 Å². The van der Waals surface area contributed by atoms with Crippen molar-refractivity contribution in [2.75, 3.05) is 0 Å². The van der Waals surface area contributed by atoms with Crippen LogP contribution in [-0.2, 0) is 14.0 Å². The predicted molar refractivity (Wildman–Crippen MR) is 77.1 cm³/mol. The van der Waals surface area contributed by atoms with E-state index in [0.29, 0.717) is 0 Å². The van der Waals surface area contributed by atoms with Crippen LogP contribution < -0.4 is 0 Å². The van der Waals surface area contributed by atoms with Crippen LogP contribution in [0.5, 0.6) is 0 Å². The second-order valence-corrected chi connectivity index (χ2v) is 6.48. The van der Waals surface area contributed by atoms with Gasteiger partial charge in [0.15, 0.2) is 5.90 Å². The molecule has 19 heavy (non-hydrogen) atoms. The Morgan fingerprint density at radius 3 is 2.16 bits per heavy atom. The molecule has 2 aliphatic heterocycles. The minimum atomic E-state index is -0.295. The van der Waals surface area contributed by atoms with E-state index in [1.807, 2.05) is 20.0 Å². The minimum absolute atomic E-state index is 0.172. The van der Waals surface area contributed by atoms with Gasteiger partial charge in [-0.1, -0.05) is 0 Å². The monoisotopic (exact) mass is 265 g/mol. The first-order valence-electron chi connectivity index (χ1n) is 6.99. The van der Waals surface area contributed by atoms with Crippen LogP contribution in [0.1, 0.15) is 54.4 Å². The average molecular weight is 265 g/mol. The van der Waals surface area contributed by atoms with Crippen LogP contribution in [0.2, 0.25) is 0 Å². The fourth-order valence-electron chi connectivity index (χ4n) is 2.07. The molecule has 1 fully saturated rings. The zero-order chi connectivity index (χ0) is 14.3. The van der Waals surface area contributed by atoms with Gasteiger partial charge in [0.1, 0.15) is 0 Å². The first kappa shape index (κ1) is 14.6. The van der Waals surface area contributed by atoms with E-state index in [1.54, 1.807) is 0 Å². The zero-order valence-electron chi connectivity index (χ0n) is 12.8. The third-order valence-electron chi connectivity index (χ3n) is 3.93. The highest BCUT2D eigenvalue weighted by Gasteiger charge is 2.52. The summed E-state index contributed by atoms with van der Waals surface area (Å²) in [6, 6.07) is 0. The van der Waals surface area contributed by atoms with Gasteiger partial charge in [-0.2, -0.15) is 0 Å². The molecule has 4 nitrogen and oxygen atoms in total. The van der Waals surface area contributed by atoms with Crippen LogP contribution in [0.15, 0.2) is 16.7 Å². The molecule has 2 heterocycles. The SMILES string of the molecule is CC(C)OC1=NC=C(B2OC(C)(C)C(C)(C)O2)CC1. The molecule has 0 aromatic carbocycles. The fourth-order valence-corrected chi connectivity index (χ4v) is 2.07. The summed E-state index contributed by atoms with van der Waals surface area (Å²) in [6.07, 6.45) is 3.70. The smallest absolute Gasteiger partial charge is 0.478 e. The second-order valence-electron chi connectivity index (χ2n) is 6.48. The van der Waals surface area contributed by atoms with Gasteiger partial charge in [-0.25, -0.2) is 4.99 Å². The molecule has 5 heteroatoms. The van der Waals surface area contributed by atoms with Crippen LogP contribution in [0, 0.1) is 0 Å². The molecule has 0 radical (unpaired) electrons. The molecular weight excluding hydrogens is 241 g/mol. The molecule has 2 rings (SSSR count). The third kappa shape index (κ3) is 3.03. The molecule has 0 N–H and O–H groups in total. The number of aliphatic imine (C=N–C) groups is 1. The van der Waals surface area contributed by atoms with Crippen molar-refractivity contribution >= 4 is 13.0 Å². The Morgan fingerprint density at radius 2 is 1.74 bits per heavy atom. The molecule has 106 valence electrons. The van der Waals surface area contributed by atoms with E-state index in [9.17, 15) is 0 Å². The van der Waals surface area contributed by atoms with Crippen LogP contribution in [0.4, 0.5) is 0 Å². The van der Waals surface area contributed by atoms with Gasteiger partial charge in [0, 0.05) is 12.6 Å². The highest BCUT2D eigenvalue weighted by Crippen LogP contribution is 2.39. The minimum Gasteiger partial charge on any atom is -0.478 e. The van der Waals surface area contributed by atoms with Crippen LogP contribution >= 0.6 is 0 Å². The van der Waals surface area contributed by atoms with Crippen LogP contribution in [0.25, 0.3) is 0 Å². The Hall–Kier alpha value is -0.805. The van der Waals surface area contributed by atoms with Gasteiger partial charge in [0.05, 0.1) is 17.3 Å². The van der Waals surface area contributed by atoms with Gasteiger partial charge in [-0.15, -0.1) is 0 Å². The summed E-state index contributed by atoms with van der Waals surface area (Å²) in [5.41, 5.74) is 0.503. The van der Waals surface area contributed by atoms with E-state index in [1.165, 1.54) is 0 Å². The van der Waals surface area contributed by atoms with Crippen molar-refractivity contribution in [1.82, 2.24) is 0 Å². The van der Waals surface area contributed by atoms with E-state index >= 15 is 0 Å². The van der Waals surface area contributed by atoms with Gasteiger partial charge < -0.3 is 14.0 Å². The molecular formula is C14H24BNO3. The molecule has 0 atom stereocenters. The van der Waals surface area contributed by atoms with E-state index in [4.69, 9.17) is 14.0 Å². The Labute approximate surface area is 116 Å². The summed E-state index contributed by atoms with van der Waals surface area (Å²) >= 11 is 0. The summed E-state index contributed by atoms with van der Waals surface area (Å²) in [6.45, 7) is 12.3. The molecule has 0 aromatic heterocycles. The number of hydrogen-bond donors (Lipinski definition) is 0. The summed E-state index contributed by atoms with van der Waals surface area (Å²) in [5.74, 6) is 0.801. The zero-order valence-corrected chi connectivity index (χ0v) is 12.8. The Bertz CT molecular complexity index is 397. The van der Waals surface area contributed by atoms with Crippen molar-refractivity contribution in [2.24, 2.45) is 4.99 Å². The molecule has 0 aliphatic carbocycles. The van der Waals surface area contributed by atoms with E-state index < -0.39 is 0 Å². The molecule has 0 spiro atoms. The van der Waals surface area contributed by atoms with Gasteiger partial charge in [-0.05, 0) is 53.4 Å². The first-order valence-corrected chi connectivity index (χ1v) is 6.99. The Kier molecular flexibility index (Phi) is 3.80. The topological polar surface area (TPSA) is 40.0 Å². The summed E-state index contributed by atoms with van der Waals surface area (Å²) in [7, 11) is -0.283. The Morgan fingerprint density at radius 1 is 1.16 bits per heavy atom. The van der Waals surface area contributed by atoms with Crippen molar-refractivity contribution in [3.8, 4) is 0 Å². The number of allylic oxidation sites excluding steroid dienone is 1. The summed E-state index contributed by atoms with van der Waals surface area (Å²) < 4.78 is 17.6. The largest absolute Gasteiger partial charge is 0.492 e. The number of hydrogen-bond acceptors (Lipinski definition) is 4. The Balaban J connectivity index is 2.06. The molecule has 1 saturated heterocycles. The van der Waals surface area contributed by atoms with Crippen LogP contribution in [0.3, 0.4) is 0 Å². The lowest BCUT2D eigenvalue weighted by atomic mass is 9.75. The normalized spacial score (nSPS) is 25.3. The van der Waals surface area contributed by atoms with E-state index in [-0.39, 0.29) is 24.4 Å². The molecule has 0 amide bonds. The lowest BCUT2D eigenvalue weighted by Crippen LogP contribution is -2.41. The molecule has 0 bridgehead atoms. The maximum absolute atomic E-state index is 6.02. The van der Waals surface area contributed by atoms with Crippen LogP contribution in [-0.4, -0.2) is 30.3 Å². The van der Waals surface area contributed by atoms with E-state index in [0.717, 1.165) is 24.2 Å². The van der Waals surface area contributed by atoms with Gasteiger partial charge in [0.25, 0.3) is 0 Å². The maximum atomic E-state index is 6.02. The van der Waals surface area contributed by atoms with Gasteiger partial charge in [-0.3, -0.25) is 0 Å². The summed E-state index contributed by atoms with van der Waals surface area (Å²) in [5, 5.41) is 0. The van der Waals surface area contributed by atoms with Crippen molar-refractivity contribution in [3.05, 3.63) is 11.7 Å². The van der Waals surface area contributed by atoms with Gasteiger partial charge >= 0.3 is 7.12 Å². The van der Waals surface area contributed by atoms with Crippen molar-refractivity contribution < 1.29 is 14.0 Å². The third-order valence-corrected chi connectivity index (χ3v) is 3.93. The molecule has 2 aliphatic rings. The molecule has 0 unspecified atom stereocenters. The predicted octanol–water partition coefficient (Wildman–Crippen LogP) is 3.12. The average Bonchev–Trinajstić information content (AvgIpc) is 2.48. The lowest BCUT2D eigenvalue weighted by molar-refractivity contribution is 0.00578. The quantitative estimate of drug-likeness (QED) is 0.720. The fraction of sp³-hybridized carbons (Fsp3) is 0.786.